The average molecular weight is 242 g/mol. The fraction of sp³-hybridized carbons (Fsp3) is 0.929. The second kappa shape index (κ2) is 10.6. The van der Waals surface area contributed by atoms with E-state index >= 15 is 0 Å². The number of amides is 1. The van der Waals surface area contributed by atoms with Crippen molar-refractivity contribution in [2.45, 2.75) is 65.8 Å². The summed E-state index contributed by atoms with van der Waals surface area (Å²) in [7, 11) is 0. The Morgan fingerprint density at radius 2 is 1.65 bits per heavy atom. The molecule has 17 heavy (non-hydrogen) atoms. The third kappa shape index (κ3) is 13.4. The Balaban J connectivity index is 3.19. The molecule has 0 saturated carbocycles. The molecule has 3 nitrogen and oxygen atoms in total. The van der Waals surface area contributed by atoms with Gasteiger partial charge in [0.2, 0.25) is 5.91 Å². The smallest absolute Gasteiger partial charge is 0.233 e. The van der Waals surface area contributed by atoms with E-state index in [1.165, 1.54) is 25.7 Å². The number of nitrogens with one attached hydrogen (secondary N) is 2. The Morgan fingerprint density at radius 1 is 1.00 bits per heavy atom. The van der Waals surface area contributed by atoms with E-state index in [9.17, 15) is 4.79 Å². The molecule has 0 aromatic heterocycles. The van der Waals surface area contributed by atoms with Gasteiger partial charge in [-0.25, -0.2) is 0 Å². The molecule has 1 amide bonds. The Kier molecular flexibility index (Phi) is 10.2. The molecule has 0 aliphatic rings. The van der Waals surface area contributed by atoms with Crippen LogP contribution in [0.1, 0.15) is 59.8 Å². The highest BCUT2D eigenvalue weighted by molar-refractivity contribution is 5.77. The van der Waals surface area contributed by atoms with Gasteiger partial charge in [0.1, 0.15) is 0 Å². The Bertz CT molecular complexity index is 191. The monoisotopic (exact) mass is 242 g/mol. The van der Waals surface area contributed by atoms with Gasteiger partial charge in [0.15, 0.2) is 0 Å². The lowest BCUT2D eigenvalue weighted by atomic mass is 10.0. The maximum Gasteiger partial charge on any atom is 0.233 e. The zero-order chi connectivity index (χ0) is 13.1. The number of carbonyl (C=O) groups is 1. The Hall–Kier alpha value is -0.570. The van der Waals surface area contributed by atoms with E-state index in [2.05, 4.69) is 24.5 Å². The van der Waals surface area contributed by atoms with Crippen LogP contribution in [0.2, 0.25) is 0 Å². The predicted molar refractivity (Wildman–Crippen MR) is 74.1 cm³/mol. The highest BCUT2D eigenvalue weighted by Gasteiger charge is 2.01. The first-order valence-corrected chi connectivity index (χ1v) is 7.02. The quantitative estimate of drug-likeness (QED) is 0.578. The summed E-state index contributed by atoms with van der Waals surface area (Å²) >= 11 is 0. The van der Waals surface area contributed by atoms with Crippen molar-refractivity contribution in [3.63, 3.8) is 0 Å². The van der Waals surface area contributed by atoms with Gasteiger partial charge in [-0.1, -0.05) is 53.4 Å². The topological polar surface area (TPSA) is 41.1 Å². The Morgan fingerprint density at radius 3 is 2.24 bits per heavy atom. The molecule has 2 N–H and O–H groups in total. The van der Waals surface area contributed by atoms with Crippen molar-refractivity contribution in [2.75, 3.05) is 13.1 Å². The first-order valence-electron chi connectivity index (χ1n) is 7.02. The fourth-order valence-electron chi connectivity index (χ4n) is 1.62. The van der Waals surface area contributed by atoms with Crippen LogP contribution in [0.5, 0.6) is 0 Å². The molecular formula is C14H30N2O. The molecule has 0 aromatic carbocycles. The van der Waals surface area contributed by atoms with Gasteiger partial charge >= 0.3 is 0 Å². The van der Waals surface area contributed by atoms with Crippen molar-refractivity contribution >= 4 is 5.91 Å². The van der Waals surface area contributed by atoms with Gasteiger partial charge in [0, 0.05) is 12.6 Å². The van der Waals surface area contributed by atoms with Crippen molar-refractivity contribution in [1.29, 1.82) is 0 Å². The van der Waals surface area contributed by atoms with Gasteiger partial charge in [-0.05, 0) is 12.3 Å². The fourth-order valence-corrected chi connectivity index (χ4v) is 1.62. The maximum absolute atomic E-state index is 11.4. The van der Waals surface area contributed by atoms with Crippen LogP contribution in [-0.2, 0) is 4.79 Å². The van der Waals surface area contributed by atoms with Crippen LogP contribution in [0.15, 0.2) is 0 Å². The van der Waals surface area contributed by atoms with E-state index in [1.807, 2.05) is 13.8 Å². The first kappa shape index (κ1) is 16.4. The van der Waals surface area contributed by atoms with Crippen LogP contribution in [0.25, 0.3) is 0 Å². The highest BCUT2D eigenvalue weighted by atomic mass is 16.1. The highest BCUT2D eigenvalue weighted by Crippen LogP contribution is 2.08. The molecule has 0 fully saturated rings. The van der Waals surface area contributed by atoms with Gasteiger partial charge in [-0.2, -0.15) is 0 Å². The summed E-state index contributed by atoms with van der Waals surface area (Å²) in [6, 6.07) is 0.372. The first-order chi connectivity index (χ1) is 8.02. The minimum absolute atomic E-state index is 0.112. The lowest BCUT2D eigenvalue weighted by Crippen LogP contribution is -2.37. The molecule has 0 radical (unpaired) electrons. The third-order valence-corrected chi connectivity index (χ3v) is 2.70. The number of carbonyl (C=O) groups excluding carboxylic acids is 1. The predicted octanol–water partition coefficient (Wildman–Crippen LogP) is 2.71. The molecule has 0 aromatic rings. The zero-order valence-corrected chi connectivity index (χ0v) is 12.0. The van der Waals surface area contributed by atoms with E-state index < -0.39 is 0 Å². The van der Waals surface area contributed by atoms with Gasteiger partial charge in [-0.15, -0.1) is 0 Å². The van der Waals surface area contributed by atoms with Crippen LogP contribution in [-0.4, -0.2) is 25.0 Å². The summed E-state index contributed by atoms with van der Waals surface area (Å²) in [5.41, 5.74) is 0. The summed E-state index contributed by atoms with van der Waals surface area (Å²) in [6.07, 6.45) is 6.26. The standard InChI is InChI=1S/C14H30N2O/c1-12(2)9-7-5-6-8-10-15-14(17)11-16-13(3)4/h12-13,16H,5-11H2,1-4H3,(H,15,17). The molecule has 0 spiro atoms. The van der Waals surface area contributed by atoms with Crippen molar-refractivity contribution < 1.29 is 4.79 Å². The average Bonchev–Trinajstić information content (AvgIpc) is 2.24. The molecule has 0 saturated heterocycles. The van der Waals surface area contributed by atoms with E-state index in [4.69, 9.17) is 0 Å². The minimum Gasteiger partial charge on any atom is -0.355 e. The number of hydrogen-bond donors (Lipinski definition) is 2. The van der Waals surface area contributed by atoms with Crippen molar-refractivity contribution in [3.8, 4) is 0 Å². The van der Waals surface area contributed by atoms with E-state index in [0.717, 1.165) is 18.9 Å². The number of rotatable bonds is 10. The summed E-state index contributed by atoms with van der Waals surface area (Å²) in [6.45, 7) is 9.87. The lowest BCUT2D eigenvalue weighted by molar-refractivity contribution is -0.120. The SMILES string of the molecule is CC(C)CCCCCCNC(=O)CNC(C)C. The van der Waals surface area contributed by atoms with Crippen LogP contribution in [0.4, 0.5) is 0 Å². The molecule has 3 heteroatoms. The molecule has 0 unspecified atom stereocenters. The van der Waals surface area contributed by atoms with Gasteiger partial charge in [0.25, 0.3) is 0 Å². The van der Waals surface area contributed by atoms with E-state index in [0.29, 0.717) is 12.6 Å². The van der Waals surface area contributed by atoms with E-state index in [-0.39, 0.29) is 5.91 Å². The zero-order valence-electron chi connectivity index (χ0n) is 12.0. The van der Waals surface area contributed by atoms with Crippen LogP contribution in [0, 0.1) is 5.92 Å². The second-order valence-electron chi connectivity index (χ2n) is 5.48. The van der Waals surface area contributed by atoms with Crippen molar-refractivity contribution in [2.24, 2.45) is 5.92 Å². The number of hydrogen-bond acceptors (Lipinski definition) is 2. The van der Waals surface area contributed by atoms with Crippen molar-refractivity contribution in [3.05, 3.63) is 0 Å². The third-order valence-electron chi connectivity index (χ3n) is 2.70. The molecule has 102 valence electrons. The molecule has 0 aliphatic carbocycles. The van der Waals surface area contributed by atoms with Crippen LogP contribution in [0.3, 0.4) is 0 Å². The summed E-state index contributed by atoms with van der Waals surface area (Å²) in [4.78, 5) is 11.4. The van der Waals surface area contributed by atoms with Crippen LogP contribution < -0.4 is 10.6 Å². The maximum atomic E-state index is 11.4. The van der Waals surface area contributed by atoms with Gasteiger partial charge < -0.3 is 10.6 Å². The second-order valence-corrected chi connectivity index (χ2v) is 5.48. The minimum atomic E-state index is 0.112. The Labute approximate surface area is 107 Å². The molecular weight excluding hydrogens is 212 g/mol. The molecule has 0 heterocycles. The molecule has 0 rings (SSSR count). The lowest BCUT2D eigenvalue weighted by Gasteiger charge is -2.09. The largest absolute Gasteiger partial charge is 0.355 e. The van der Waals surface area contributed by atoms with Gasteiger partial charge in [-0.3, -0.25) is 4.79 Å². The van der Waals surface area contributed by atoms with Crippen LogP contribution >= 0.6 is 0 Å². The summed E-state index contributed by atoms with van der Waals surface area (Å²) in [5, 5.41) is 6.04. The van der Waals surface area contributed by atoms with E-state index in [1.54, 1.807) is 0 Å². The summed E-state index contributed by atoms with van der Waals surface area (Å²) < 4.78 is 0. The number of unbranched alkanes of at least 4 members (excludes halogenated alkanes) is 3. The molecule has 0 atom stereocenters. The molecule has 0 bridgehead atoms. The summed E-state index contributed by atoms with van der Waals surface area (Å²) in [5.74, 6) is 0.928. The van der Waals surface area contributed by atoms with Gasteiger partial charge in [0.05, 0.1) is 6.54 Å². The normalized spacial score (nSPS) is 11.2. The van der Waals surface area contributed by atoms with Crippen molar-refractivity contribution in [1.82, 2.24) is 10.6 Å². The molecule has 0 aliphatic heterocycles.